The van der Waals surface area contributed by atoms with Crippen molar-refractivity contribution in [3.63, 3.8) is 0 Å². The minimum absolute atomic E-state index is 0.0542. The minimum Gasteiger partial charge on any atom is -0.483 e. The second-order valence-corrected chi connectivity index (χ2v) is 9.04. The molecule has 0 fully saturated rings. The Kier molecular flexibility index (Phi) is 8.66. The highest BCUT2D eigenvalue weighted by Crippen LogP contribution is 2.31. The molecule has 2 atom stereocenters. The SMILES string of the molecule is CC[C@@H](C)NC(=O)[C@H](C)N(Cc1ccccc1)C(=O)COc1ccccc1C(C)(C)C. The van der Waals surface area contributed by atoms with Crippen LogP contribution in [0.1, 0.15) is 59.1 Å². The van der Waals surface area contributed by atoms with Crippen molar-refractivity contribution in [2.75, 3.05) is 6.61 Å². The number of nitrogens with zero attached hydrogens (tertiary/aromatic N) is 1. The lowest BCUT2D eigenvalue weighted by Gasteiger charge is -2.30. The normalized spacial score (nSPS) is 13.2. The van der Waals surface area contributed by atoms with Crippen LogP contribution in [0.25, 0.3) is 0 Å². The molecule has 2 aromatic rings. The van der Waals surface area contributed by atoms with Crippen LogP contribution >= 0.6 is 0 Å². The average Bonchev–Trinajstić information content (AvgIpc) is 2.75. The third-order valence-corrected chi connectivity index (χ3v) is 5.41. The van der Waals surface area contributed by atoms with E-state index in [4.69, 9.17) is 4.74 Å². The van der Waals surface area contributed by atoms with Gasteiger partial charge in [0.25, 0.3) is 5.91 Å². The largest absolute Gasteiger partial charge is 0.483 e. The highest BCUT2D eigenvalue weighted by molar-refractivity contribution is 5.88. The molecule has 0 aliphatic heterocycles. The van der Waals surface area contributed by atoms with Gasteiger partial charge in [0.15, 0.2) is 6.61 Å². The molecule has 2 rings (SSSR count). The molecular weight excluding hydrogens is 388 g/mol. The van der Waals surface area contributed by atoms with Crippen molar-refractivity contribution in [1.29, 1.82) is 0 Å². The Morgan fingerprint density at radius 3 is 2.23 bits per heavy atom. The zero-order valence-electron chi connectivity index (χ0n) is 19.6. The smallest absolute Gasteiger partial charge is 0.261 e. The maximum absolute atomic E-state index is 13.2. The number of amides is 2. The van der Waals surface area contributed by atoms with Crippen molar-refractivity contribution in [3.05, 3.63) is 65.7 Å². The maximum Gasteiger partial charge on any atom is 0.261 e. The zero-order valence-corrected chi connectivity index (χ0v) is 19.6. The molecule has 5 nitrogen and oxygen atoms in total. The van der Waals surface area contributed by atoms with Crippen LogP contribution in [0, 0.1) is 0 Å². The van der Waals surface area contributed by atoms with E-state index in [0.717, 1.165) is 17.5 Å². The topological polar surface area (TPSA) is 58.6 Å². The lowest BCUT2D eigenvalue weighted by molar-refractivity contribution is -0.142. The van der Waals surface area contributed by atoms with Gasteiger partial charge in [-0.3, -0.25) is 9.59 Å². The molecule has 0 bridgehead atoms. The summed E-state index contributed by atoms with van der Waals surface area (Å²) in [4.78, 5) is 27.6. The van der Waals surface area contributed by atoms with E-state index in [1.165, 1.54) is 0 Å². The number of nitrogens with one attached hydrogen (secondary N) is 1. The van der Waals surface area contributed by atoms with E-state index in [1.807, 2.05) is 68.4 Å². The van der Waals surface area contributed by atoms with Crippen LogP contribution in [0.2, 0.25) is 0 Å². The van der Waals surface area contributed by atoms with Crippen LogP contribution in [0.15, 0.2) is 54.6 Å². The van der Waals surface area contributed by atoms with Crippen molar-refractivity contribution in [2.24, 2.45) is 0 Å². The summed E-state index contributed by atoms with van der Waals surface area (Å²) in [7, 11) is 0. The van der Waals surface area contributed by atoms with E-state index in [0.29, 0.717) is 12.3 Å². The maximum atomic E-state index is 13.2. The third-order valence-electron chi connectivity index (χ3n) is 5.41. The van der Waals surface area contributed by atoms with Crippen LogP contribution < -0.4 is 10.1 Å². The second kappa shape index (κ2) is 11.0. The van der Waals surface area contributed by atoms with Gasteiger partial charge in [0.05, 0.1) is 0 Å². The highest BCUT2D eigenvalue weighted by Gasteiger charge is 2.27. The van der Waals surface area contributed by atoms with Crippen LogP contribution in [-0.2, 0) is 21.5 Å². The average molecular weight is 425 g/mol. The predicted molar refractivity (Wildman–Crippen MR) is 125 cm³/mol. The number of rotatable bonds is 9. The first-order valence-corrected chi connectivity index (χ1v) is 11.0. The molecule has 2 amide bonds. The number of carbonyl (C=O) groups excluding carboxylic acids is 2. The number of ether oxygens (including phenoxy) is 1. The van der Waals surface area contributed by atoms with Gasteiger partial charge >= 0.3 is 0 Å². The quantitative estimate of drug-likeness (QED) is 0.635. The number of hydrogen-bond acceptors (Lipinski definition) is 3. The molecule has 1 N–H and O–H groups in total. The van der Waals surface area contributed by atoms with Crippen molar-refractivity contribution in [3.8, 4) is 5.75 Å². The van der Waals surface area contributed by atoms with Crippen molar-refractivity contribution in [2.45, 2.75) is 72.0 Å². The summed E-state index contributed by atoms with van der Waals surface area (Å²) >= 11 is 0. The number of para-hydroxylation sites is 1. The molecule has 0 aliphatic carbocycles. The third kappa shape index (κ3) is 7.12. The predicted octanol–water partition coefficient (Wildman–Crippen LogP) is 4.69. The molecular formula is C26H36N2O3. The molecule has 31 heavy (non-hydrogen) atoms. The first-order valence-electron chi connectivity index (χ1n) is 11.0. The summed E-state index contributed by atoms with van der Waals surface area (Å²) in [5.74, 6) is 0.313. The molecule has 0 heterocycles. The Morgan fingerprint density at radius 1 is 1.00 bits per heavy atom. The summed E-state index contributed by atoms with van der Waals surface area (Å²) < 4.78 is 5.95. The fourth-order valence-corrected chi connectivity index (χ4v) is 3.26. The van der Waals surface area contributed by atoms with Gasteiger partial charge in [0.2, 0.25) is 5.91 Å². The molecule has 0 radical (unpaired) electrons. The molecule has 5 heteroatoms. The van der Waals surface area contributed by atoms with E-state index in [2.05, 4.69) is 26.1 Å². The summed E-state index contributed by atoms with van der Waals surface area (Å²) in [6.45, 7) is 12.3. The minimum atomic E-state index is -0.608. The number of carbonyl (C=O) groups is 2. The molecule has 0 spiro atoms. The Labute approximate surface area is 186 Å². The Morgan fingerprint density at radius 2 is 1.61 bits per heavy atom. The van der Waals surface area contributed by atoms with E-state index in [1.54, 1.807) is 11.8 Å². The van der Waals surface area contributed by atoms with Crippen LogP contribution in [0.3, 0.4) is 0 Å². The van der Waals surface area contributed by atoms with Crippen LogP contribution in [0.5, 0.6) is 5.75 Å². The lowest BCUT2D eigenvalue weighted by Crippen LogP contribution is -2.50. The van der Waals surface area contributed by atoms with E-state index >= 15 is 0 Å². The molecule has 0 saturated heterocycles. The first kappa shape index (κ1) is 24.4. The van der Waals surface area contributed by atoms with Gasteiger partial charge in [-0.25, -0.2) is 0 Å². The van der Waals surface area contributed by atoms with E-state index in [-0.39, 0.29) is 29.9 Å². The van der Waals surface area contributed by atoms with Gasteiger partial charge in [-0.15, -0.1) is 0 Å². The van der Waals surface area contributed by atoms with Crippen LogP contribution in [-0.4, -0.2) is 35.4 Å². The molecule has 0 aliphatic rings. The standard InChI is InChI=1S/C26H36N2O3/c1-7-19(2)27-25(30)20(3)28(17-21-13-9-8-10-14-21)24(29)18-31-23-16-12-11-15-22(23)26(4,5)6/h8-16,19-20H,7,17-18H2,1-6H3,(H,27,30)/t19-,20+/m1/s1. The zero-order chi connectivity index (χ0) is 23.0. The lowest BCUT2D eigenvalue weighted by atomic mass is 9.86. The molecule has 0 saturated carbocycles. The number of hydrogen-bond donors (Lipinski definition) is 1. The van der Waals surface area contributed by atoms with Crippen molar-refractivity contribution >= 4 is 11.8 Å². The summed E-state index contributed by atoms with van der Waals surface area (Å²) in [5, 5.41) is 2.98. The first-order chi connectivity index (χ1) is 14.6. The van der Waals surface area contributed by atoms with E-state index < -0.39 is 6.04 Å². The van der Waals surface area contributed by atoms with E-state index in [9.17, 15) is 9.59 Å². The van der Waals surface area contributed by atoms with Crippen molar-refractivity contribution in [1.82, 2.24) is 10.2 Å². The fourth-order valence-electron chi connectivity index (χ4n) is 3.26. The Bertz CT molecular complexity index is 858. The molecule has 0 aromatic heterocycles. The van der Waals surface area contributed by atoms with Gasteiger partial charge in [0, 0.05) is 12.6 Å². The van der Waals surface area contributed by atoms with Gasteiger partial charge in [0.1, 0.15) is 11.8 Å². The second-order valence-electron chi connectivity index (χ2n) is 9.04. The fraction of sp³-hybridized carbons (Fsp3) is 0.462. The van der Waals surface area contributed by atoms with Gasteiger partial charge < -0.3 is 15.0 Å². The molecule has 0 unspecified atom stereocenters. The van der Waals surface area contributed by atoms with Crippen molar-refractivity contribution < 1.29 is 14.3 Å². The van der Waals surface area contributed by atoms with Gasteiger partial charge in [-0.05, 0) is 42.9 Å². The summed E-state index contributed by atoms with van der Waals surface area (Å²) in [6, 6.07) is 16.9. The summed E-state index contributed by atoms with van der Waals surface area (Å²) in [5.41, 5.74) is 1.90. The Hall–Kier alpha value is -2.82. The highest BCUT2D eigenvalue weighted by atomic mass is 16.5. The molecule has 2 aromatic carbocycles. The van der Waals surface area contributed by atoms with Gasteiger partial charge in [-0.1, -0.05) is 76.2 Å². The summed E-state index contributed by atoms with van der Waals surface area (Å²) in [6.07, 6.45) is 0.831. The Balaban J connectivity index is 2.19. The monoisotopic (exact) mass is 424 g/mol. The molecule has 168 valence electrons. The van der Waals surface area contributed by atoms with Crippen LogP contribution in [0.4, 0.5) is 0 Å². The van der Waals surface area contributed by atoms with Gasteiger partial charge in [-0.2, -0.15) is 0 Å². The number of benzene rings is 2.